The third kappa shape index (κ3) is 4.95. The average Bonchev–Trinajstić information content (AvgIpc) is 3.50. The zero-order chi connectivity index (χ0) is 23.3. The Kier molecular flexibility index (Phi) is 7.12. The number of rotatable bonds is 4. The van der Waals surface area contributed by atoms with Crippen molar-refractivity contribution in [1.29, 1.82) is 0 Å². The first-order valence-corrected chi connectivity index (χ1v) is 11.4. The van der Waals surface area contributed by atoms with Crippen LogP contribution < -0.4 is 4.90 Å². The van der Waals surface area contributed by atoms with Crippen LogP contribution in [0.15, 0.2) is 35.2 Å². The summed E-state index contributed by atoms with van der Waals surface area (Å²) in [6.07, 6.45) is 8.57. The number of piperazine rings is 1. The van der Waals surface area contributed by atoms with Crippen LogP contribution >= 0.6 is 0 Å². The van der Waals surface area contributed by atoms with Crippen molar-refractivity contribution < 1.29 is 23.8 Å². The molecule has 10 nitrogen and oxygen atoms in total. The first-order chi connectivity index (χ1) is 16.1. The Hall–Kier alpha value is -3.14. The third-order valence-electron chi connectivity index (χ3n) is 6.83. The number of amides is 1. The molecule has 1 unspecified atom stereocenters. The number of carboxylic acid groups (broad SMARTS) is 1. The van der Waals surface area contributed by atoms with Crippen LogP contribution in [0.3, 0.4) is 0 Å². The first kappa shape index (κ1) is 23.0. The molecule has 2 aliphatic heterocycles. The minimum Gasteiger partial charge on any atom is -0.483 e. The summed E-state index contributed by atoms with van der Waals surface area (Å²) in [5.74, 6) is 1.57. The summed E-state index contributed by atoms with van der Waals surface area (Å²) in [6, 6.07) is 4.56. The van der Waals surface area contributed by atoms with Gasteiger partial charge in [-0.25, -0.2) is 14.8 Å². The van der Waals surface area contributed by atoms with Gasteiger partial charge in [0.1, 0.15) is 12.1 Å². The highest BCUT2D eigenvalue weighted by atomic mass is 16.6. The molecule has 178 valence electrons. The van der Waals surface area contributed by atoms with Crippen molar-refractivity contribution in [3.05, 3.63) is 30.8 Å². The molecule has 1 saturated carbocycles. The third-order valence-corrected chi connectivity index (χ3v) is 6.83. The van der Waals surface area contributed by atoms with Gasteiger partial charge in [-0.1, -0.05) is 0 Å². The number of likely N-dealkylation sites (tertiary alicyclic amines) is 1. The molecule has 4 heterocycles. The maximum atomic E-state index is 11.9. The second kappa shape index (κ2) is 10.2. The number of hydrogen-bond donors (Lipinski definition) is 1. The van der Waals surface area contributed by atoms with Gasteiger partial charge in [0.2, 0.25) is 5.89 Å². The fourth-order valence-corrected chi connectivity index (χ4v) is 5.35. The first-order valence-electron chi connectivity index (χ1n) is 11.4. The number of pyridine rings is 1. The van der Waals surface area contributed by atoms with Crippen molar-refractivity contribution in [1.82, 2.24) is 19.8 Å². The highest BCUT2D eigenvalue weighted by Crippen LogP contribution is 2.47. The second-order valence-corrected chi connectivity index (χ2v) is 8.79. The lowest BCUT2D eigenvalue weighted by Gasteiger charge is -2.48. The molecule has 2 aromatic rings. The van der Waals surface area contributed by atoms with Gasteiger partial charge in [-0.15, -0.1) is 0 Å². The highest BCUT2D eigenvalue weighted by molar-refractivity contribution is 5.70. The standard InChI is InChI=1S/C22H29N5O3.CH2O2/c1-2-29-21(28)27-15-22(16-27)6-5-17(14-22)25-9-11-26(12-10-25)19-18(4-3-7-23-19)20-24-8-13-30-20;2-1-3/h3-4,7-8,13,17H,2,5-6,9-12,14-16H2,1H3;1H,(H,2,3). The molecular weight excluding hydrogens is 426 g/mol. The van der Waals surface area contributed by atoms with E-state index in [9.17, 15) is 4.79 Å². The van der Waals surface area contributed by atoms with Crippen molar-refractivity contribution in [2.75, 3.05) is 50.8 Å². The van der Waals surface area contributed by atoms with Crippen molar-refractivity contribution in [3.8, 4) is 11.5 Å². The summed E-state index contributed by atoms with van der Waals surface area (Å²) in [7, 11) is 0. The van der Waals surface area contributed by atoms with Gasteiger partial charge in [0.25, 0.3) is 6.47 Å². The van der Waals surface area contributed by atoms with Crippen LogP contribution in [0, 0.1) is 5.41 Å². The summed E-state index contributed by atoms with van der Waals surface area (Å²) >= 11 is 0. The van der Waals surface area contributed by atoms with Crippen LogP contribution in [0.5, 0.6) is 0 Å². The normalized spacial score (nSPS) is 21.8. The summed E-state index contributed by atoms with van der Waals surface area (Å²) in [5, 5.41) is 6.89. The number of carbonyl (C=O) groups excluding carboxylic acids is 1. The quantitative estimate of drug-likeness (QED) is 0.692. The van der Waals surface area contributed by atoms with Gasteiger partial charge in [0.15, 0.2) is 0 Å². The van der Waals surface area contributed by atoms with Crippen molar-refractivity contribution in [2.24, 2.45) is 5.41 Å². The number of carbonyl (C=O) groups is 2. The van der Waals surface area contributed by atoms with Crippen LogP contribution in [-0.4, -0.2) is 89.4 Å². The molecule has 0 radical (unpaired) electrons. The second-order valence-electron chi connectivity index (χ2n) is 8.79. The van der Waals surface area contributed by atoms with E-state index in [1.165, 1.54) is 19.3 Å². The molecule has 0 bridgehead atoms. The zero-order valence-corrected chi connectivity index (χ0v) is 18.9. The lowest BCUT2D eigenvalue weighted by molar-refractivity contribution is -0.122. The Labute approximate surface area is 193 Å². The average molecular weight is 458 g/mol. The zero-order valence-electron chi connectivity index (χ0n) is 18.9. The van der Waals surface area contributed by atoms with E-state index in [-0.39, 0.29) is 12.6 Å². The number of anilines is 1. The number of aromatic nitrogens is 2. The van der Waals surface area contributed by atoms with Gasteiger partial charge in [-0.2, -0.15) is 0 Å². The maximum Gasteiger partial charge on any atom is 0.409 e. The molecule has 0 aromatic carbocycles. The molecule has 2 aromatic heterocycles. The summed E-state index contributed by atoms with van der Waals surface area (Å²) in [5.41, 5.74) is 1.26. The van der Waals surface area contributed by atoms with Crippen LogP contribution in [0.1, 0.15) is 26.2 Å². The summed E-state index contributed by atoms with van der Waals surface area (Å²) in [4.78, 5) is 36.0. The van der Waals surface area contributed by atoms with Gasteiger partial charge in [0.05, 0.1) is 18.4 Å². The lowest BCUT2D eigenvalue weighted by Crippen LogP contribution is -2.58. The molecule has 33 heavy (non-hydrogen) atoms. The molecule has 3 aliphatic rings. The lowest BCUT2D eigenvalue weighted by atomic mass is 9.78. The topological polar surface area (TPSA) is 112 Å². The van der Waals surface area contributed by atoms with Crippen LogP contribution in [-0.2, 0) is 9.53 Å². The molecule has 10 heteroatoms. The number of hydrogen-bond acceptors (Lipinski definition) is 8. The van der Waals surface area contributed by atoms with E-state index in [4.69, 9.17) is 19.1 Å². The van der Waals surface area contributed by atoms with E-state index in [1.54, 1.807) is 12.5 Å². The summed E-state index contributed by atoms with van der Waals surface area (Å²) in [6.45, 7) is 7.73. The minimum atomic E-state index is -0.250. The van der Waals surface area contributed by atoms with E-state index >= 15 is 0 Å². The minimum absolute atomic E-state index is 0.155. The predicted molar refractivity (Wildman–Crippen MR) is 121 cm³/mol. The maximum absolute atomic E-state index is 11.9. The molecule has 1 spiro atoms. The molecule has 5 rings (SSSR count). The van der Waals surface area contributed by atoms with E-state index in [0.29, 0.717) is 24.0 Å². The van der Waals surface area contributed by atoms with Gasteiger partial charge in [-0.3, -0.25) is 9.69 Å². The van der Waals surface area contributed by atoms with E-state index in [0.717, 1.165) is 50.6 Å². The molecule has 3 fully saturated rings. The number of nitrogens with zero attached hydrogens (tertiary/aromatic N) is 5. The SMILES string of the molecule is CCOC(=O)N1CC2(CCC(N3CCN(c4ncccc4-c4ncco4)CC3)C2)C1.O=CO. The Morgan fingerprint density at radius 2 is 2.03 bits per heavy atom. The predicted octanol–water partition coefficient (Wildman–Crippen LogP) is 2.57. The van der Waals surface area contributed by atoms with Crippen molar-refractivity contribution in [3.63, 3.8) is 0 Å². The molecule has 2 saturated heterocycles. The van der Waals surface area contributed by atoms with Crippen molar-refractivity contribution in [2.45, 2.75) is 32.2 Å². The monoisotopic (exact) mass is 457 g/mol. The fraction of sp³-hybridized carbons (Fsp3) is 0.565. The Balaban J connectivity index is 0.000000821. The number of ether oxygens (including phenoxy) is 1. The van der Waals surface area contributed by atoms with Gasteiger partial charge in [-0.05, 0) is 38.3 Å². The fourth-order valence-electron chi connectivity index (χ4n) is 5.35. The van der Waals surface area contributed by atoms with Crippen LogP contribution in [0.2, 0.25) is 0 Å². The Morgan fingerprint density at radius 1 is 1.27 bits per heavy atom. The van der Waals surface area contributed by atoms with E-state index in [1.807, 2.05) is 30.2 Å². The molecule has 1 amide bonds. The van der Waals surface area contributed by atoms with Gasteiger partial charge < -0.3 is 24.1 Å². The smallest absolute Gasteiger partial charge is 0.409 e. The van der Waals surface area contributed by atoms with Crippen LogP contribution in [0.4, 0.5) is 10.6 Å². The molecule has 1 N–H and O–H groups in total. The van der Waals surface area contributed by atoms with Gasteiger partial charge >= 0.3 is 6.09 Å². The Bertz CT molecular complexity index is 923. The summed E-state index contributed by atoms with van der Waals surface area (Å²) < 4.78 is 10.6. The Morgan fingerprint density at radius 3 is 2.70 bits per heavy atom. The van der Waals surface area contributed by atoms with E-state index in [2.05, 4.69) is 19.8 Å². The van der Waals surface area contributed by atoms with Gasteiger partial charge in [0, 0.05) is 56.9 Å². The largest absolute Gasteiger partial charge is 0.483 e. The number of oxazole rings is 1. The molecular formula is C23H31N5O5. The van der Waals surface area contributed by atoms with E-state index < -0.39 is 0 Å². The molecule has 1 aliphatic carbocycles. The highest BCUT2D eigenvalue weighted by Gasteiger charge is 2.51. The van der Waals surface area contributed by atoms with Crippen molar-refractivity contribution >= 4 is 18.4 Å². The molecule has 1 atom stereocenters. The van der Waals surface area contributed by atoms with Crippen LogP contribution in [0.25, 0.3) is 11.5 Å².